The van der Waals surface area contributed by atoms with Crippen LogP contribution < -0.4 is 10.0 Å². The van der Waals surface area contributed by atoms with Gasteiger partial charge in [0.05, 0.1) is 24.1 Å². The molecule has 0 bridgehead atoms. The smallest absolute Gasteiger partial charge is 0.230 e. The molecule has 0 aliphatic rings. The average molecular weight is 418 g/mol. The van der Waals surface area contributed by atoms with E-state index in [2.05, 4.69) is 21.6 Å². The standard InChI is InChI=1S/C19H19N3O4S2/c1-2-9-20-28(24,25)13-14-5-7-15(8-6-14)21-18(23)11-16-12-27-19(22-16)17-4-3-10-26-17/h2-8,10,12,20H,1,9,11,13H2,(H,21,23). The predicted octanol–water partition coefficient (Wildman–Crippen LogP) is 3.19. The summed E-state index contributed by atoms with van der Waals surface area (Å²) in [5.74, 6) is 0.331. The summed E-state index contributed by atoms with van der Waals surface area (Å²) in [5.41, 5.74) is 1.87. The van der Waals surface area contributed by atoms with E-state index in [1.54, 1.807) is 36.6 Å². The molecule has 2 aromatic heterocycles. The molecule has 0 radical (unpaired) electrons. The first kappa shape index (κ1) is 20.0. The van der Waals surface area contributed by atoms with Crippen LogP contribution in [0.4, 0.5) is 5.69 Å². The average Bonchev–Trinajstić information content (AvgIpc) is 3.33. The minimum absolute atomic E-state index is 0.135. The number of anilines is 1. The highest BCUT2D eigenvalue weighted by atomic mass is 32.2. The molecule has 0 unspecified atom stereocenters. The Balaban J connectivity index is 1.55. The first-order chi connectivity index (χ1) is 13.4. The molecular weight excluding hydrogens is 398 g/mol. The number of rotatable bonds is 9. The SMILES string of the molecule is C=CCNS(=O)(=O)Cc1ccc(NC(=O)Cc2csc(-c3ccco3)n2)cc1. The number of carbonyl (C=O) groups is 1. The van der Waals surface area contributed by atoms with Gasteiger partial charge in [-0.05, 0) is 29.8 Å². The molecule has 0 atom stereocenters. The lowest BCUT2D eigenvalue weighted by Crippen LogP contribution is -2.25. The van der Waals surface area contributed by atoms with Gasteiger partial charge < -0.3 is 9.73 Å². The van der Waals surface area contributed by atoms with E-state index >= 15 is 0 Å². The summed E-state index contributed by atoms with van der Waals surface area (Å²) in [6.07, 6.45) is 3.20. The van der Waals surface area contributed by atoms with E-state index in [0.717, 1.165) is 5.01 Å². The maximum absolute atomic E-state index is 12.2. The molecule has 1 amide bonds. The number of nitrogens with one attached hydrogen (secondary N) is 2. The van der Waals surface area contributed by atoms with Crippen molar-refractivity contribution in [1.29, 1.82) is 0 Å². The topological polar surface area (TPSA) is 101 Å². The molecule has 0 saturated carbocycles. The van der Waals surface area contributed by atoms with Crippen LogP contribution in [-0.2, 0) is 27.0 Å². The highest BCUT2D eigenvalue weighted by Gasteiger charge is 2.12. The zero-order valence-electron chi connectivity index (χ0n) is 14.9. The van der Waals surface area contributed by atoms with E-state index in [-0.39, 0.29) is 24.6 Å². The molecule has 3 rings (SSSR count). The first-order valence-electron chi connectivity index (χ1n) is 8.40. The zero-order chi connectivity index (χ0) is 20.0. The van der Waals surface area contributed by atoms with Crippen molar-refractivity contribution < 1.29 is 17.6 Å². The molecule has 7 nitrogen and oxygen atoms in total. The van der Waals surface area contributed by atoms with E-state index in [1.807, 2.05) is 11.4 Å². The Kier molecular flexibility index (Phi) is 6.40. The summed E-state index contributed by atoms with van der Waals surface area (Å²) < 4.78 is 31.5. The minimum Gasteiger partial charge on any atom is -0.462 e. The van der Waals surface area contributed by atoms with E-state index in [9.17, 15) is 13.2 Å². The number of aromatic nitrogens is 1. The quantitative estimate of drug-likeness (QED) is 0.521. The van der Waals surface area contributed by atoms with Crippen LogP contribution in [-0.4, -0.2) is 25.9 Å². The maximum atomic E-state index is 12.2. The van der Waals surface area contributed by atoms with Crippen molar-refractivity contribution in [3.05, 3.63) is 72.0 Å². The van der Waals surface area contributed by atoms with Crippen LogP contribution in [0.25, 0.3) is 10.8 Å². The second kappa shape index (κ2) is 8.96. The third-order valence-corrected chi connectivity index (χ3v) is 5.89. The van der Waals surface area contributed by atoms with Crippen molar-refractivity contribution >= 4 is 33.0 Å². The van der Waals surface area contributed by atoms with Gasteiger partial charge in [0, 0.05) is 17.6 Å². The van der Waals surface area contributed by atoms with Crippen LogP contribution >= 0.6 is 11.3 Å². The highest BCUT2D eigenvalue weighted by molar-refractivity contribution is 7.88. The number of furan rings is 1. The summed E-state index contributed by atoms with van der Waals surface area (Å²) >= 11 is 1.41. The molecule has 0 aliphatic carbocycles. The van der Waals surface area contributed by atoms with Gasteiger partial charge in [-0.2, -0.15) is 0 Å². The third kappa shape index (κ3) is 5.62. The van der Waals surface area contributed by atoms with Crippen LogP contribution in [0, 0.1) is 0 Å². The maximum Gasteiger partial charge on any atom is 0.230 e. The van der Waals surface area contributed by atoms with Crippen molar-refractivity contribution in [2.75, 3.05) is 11.9 Å². The Hall–Kier alpha value is -2.75. The van der Waals surface area contributed by atoms with Gasteiger partial charge >= 0.3 is 0 Å². The molecule has 146 valence electrons. The van der Waals surface area contributed by atoms with Gasteiger partial charge in [0.2, 0.25) is 15.9 Å². The van der Waals surface area contributed by atoms with E-state index < -0.39 is 10.0 Å². The molecule has 2 heterocycles. The molecule has 0 fully saturated rings. The van der Waals surface area contributed by atoms with E-state index in [0.29, 0.717) is 22.7 Å². The Morgan fingerprint density at radius 3 is 2.71 bits per heavy atom. The van der Waals surface area contributed by atoms with Crippen molar-refractivity contribution in [2.24, 2.45) is 0 Å². The van der Waals surface area contributed by atoms with Gasteiger partial charge in [-0.3, -0.25) is 4.79 Å². The van der Waals surface area contributed by atoms with Crippen molar-refractivity contribution in [2.45, 2.75) is 12.2 Å². The van der Waals surface area contributed by atoms with Gasteiger partial charge in [0.1, 0.15) is 0 Å². The molecule has 3 aromatic rings. The van der Waals surface area contributed by atoms with Crippen LogP contribution in [0.1, 0.15) is 11.3 Å². The summed E-state index contributed by atoms with van der Waals surface area (Å²) in [7, 11) is -3.41. The van der Waals surface area contributed by atoms with Gasteiger partial charge in [-0.25, -0.2) is 18.1 Å². The second-order valence-corrected chi connectivity index (χ2v) is 8.60. The third-order valence-electron chi connectivity index (χ3n) is 3.67. The Morgan fingerprint density at radius 2 is 2.04 bits per heavy atom. The largest absolute Gasteiger partial charge is 0.462 e. The molecule has 0 spiro atoms. The lowest BCUT2D eigenvalue weighted by Gasteiger charge is -2.07. The monoisotopic (exact) mass is 417 g/mol. The number of amides is 1. The number of hydrogen-bond acceptors (Lipinski definition) is 6. The number of hydrogen-bond donors (Lipinski definition) is 2. The molecular formula is C19H19N3O4S2. The zero-order valence-corrected chi connectivity index (χ0v) is 16.6. The lowest BCUT2D eigenvalue weighted by atomic mass is 10.2. The molecule has 0 saturated heterocycles. The summed E-state index contributed by atoms with van der Waals surface area (Å²) in [6.45, 7) is 3.67. The number of carbonyl (C=O) groups excluding carboxylic acids is 1. The fourth-order valence-corrected chi connectivity index (χ4v) is 4.30. The lowest BCUT2D eigenvalue weighted by molar-refractivity contribution is -0.115. The highest BCUT2D eigenvalue weighted by Crippen LogP contribution is 2.24. The van der Waals surface area contributed by atoms with Crippen LogP contribution in [0.15, 0.2) is 65.1 Å². The second-order valence-electron chi connectivity index (χ2n) is 5.94. The number of sulfonamides is 1. The molecule has 28 heavy (non-hydrogen) atoms. The van der Waals surface area contributed by atoms with Crippen molar-refractivity contribution in [3.63, 3.8) is 0 Å². The molecule has 0 aliphatic heterocycles. The summed E-state index contributed by atoms with van der Waals surface area (Å²) in [5, 5.41) is 5.33. The minimum atomic E-state index is -3.41. The van der Waals surface area contributed by atoms with Crippen LogP contribution in [0.3, 0.4) is 0 Å². The Morgan fingerprint density at radius 1 is 1.25 bits per heavy atom. The van der Waals surface area contributed by atoms with Crippen molar-refractivity contribution in [3.8, 4) is 10.8 Å². The van der Waals surface area contributed by atoms with Crippen LogP contribution in [0.5, 0.6) is 0 Å². The van der Waals surface area contributed by atoms with Crippen molar-refractivity contribution in [1.82, 2.24) is 9.71 Å². The van der Waals surface area contributed by atoms with Gasteiger partial charge in [0.25, 0.3) is 0 Å². The normalized spacial score (nSPS) is 11.3. The van der Waals surface area contributed by atoms with E-state index in [1.165, 1.54) is 17.4 Å². The predicted molar refractivity (Wildman–Crippen MR) is 109 cm³/mol. The van der Waals surface area contributed by atoms with E-state index in [4.69, 9.17) is 4.42 Å². The first-order valence-corrected chi connectivity index (χ1v) is 10.9. The fourth-order valence-electron chi connectivity index (χ4n) is 2.41. The summed E-state index contributed by atoms with van der Waals surface area (Å²) in [6, 6.07) is 10.3. The summed E-state index contributed by atoms with van der Waals surface area (Å²) in [4.78, 5) is 16.6. The molecule has 1 aromatic carbocycles. The van der Waals surface area contributed by atoms with Gasteiger partial charge in [-0.1, -0.05) is 18.2 Å². The fraction of sp³-hybridized carbons (Fsp3) is 0.158. The molecule has 2 N–H and O–H groups in total. The van der Waals surface area contributed by atoms with Gasteiger partial charge in [-0.15, -0.1) is 17.9 Å². The number of nitrogens with zero attached hydrogens (tertiary/aromatic N) is 1. The van der Waals surface area contributed by atoms with Gasteiger partial charge in [0.15, 0.2) is 10.8 Å². The molecule has 9 heteroatoms. The number of thiazole rings is 1. The number of benzene rings is 1. The Bertz CT molecular complexity index is 1040. The van der Waals surface area contributed by atoms with Crippen LogP contribution in [0.2, 0.25) is 0 Å². The Labute approximate surface area is 167 Å².